The number of hydrogen-bond donors (Lipinski definition) is 1. The Morgan fingerprint density at radius 3 is 2.52 bits per heavy atom. The van der Waals surface area contributed by atoms with Crippen molar-refractivity contribution in [3.8, 4) is 0 Å². The zero-order valence-electron chi connectivity index (χ0n) is 11.1. The van der Waals surface area contributed by atoms with Crippen LogP contribution in [0.1, 0.15) is 5.56 Å². The maximum atomic E-state index is 13.8. The molecule has 0 saturated carbocycles. The normalized spacial score (nSPS) is 11.4. The second-order valence-corrected chi connectivity index (χ2v) is 6.69. The van der Waals surface area contributed by atoms with E-state index in [1.807, 2.05) is 0 Å². The summed E-state index contributed by atoms with van der Waals surface area (Å²) in [5.41, 5.74) is 0.322. The second kappa shape index (κ2) is 6.01. The maximum absolute atomic E-state index is 13.8. The fourth-order valence-corrected chi connectivity index (χ4v) is 3.55. The Morgan fingerprint density at radius 2 is 1.90 bits per heavy atom. The van der Waals surface area contributed by atoms with Crippen LogP contribution < -0.4 is 4.31 Å². The minimum absolute atomic E-state index is 0.00962. The summed E-state index contributed by atoms with van der Waals surface area (Å²) in [6.07, 6.45) is 0. The van der Waals surface area contributed by atoms with Gasteiger partial charge in [-0.3, -0.25) is 4.31 Å². The van der Waals surface area contributed by atoms with Gasteiger partial charge in [-0.2, -0.15) is 0 Å². The van der Waals surface area contributed by atoms with Gasteiger partial charge >= 0.3 is 0 Å². The molecule has 0 aliphatic carbocycles. The van der Waals surface area contributed by atoms with E-state index in [1.54, 1.807) is 0 Å². The molecule has 0 bridgehead atoms. The molecule has 1 N–H and O–H groups in total. The minimum Gasteiger partial charge on any atom is -0.392 e. The molecule has 0 radical (unpaired) electrons. The van der Waals surface area contributed by atoms with Gasteiger partial charge in [0.25, 0.3) is 10.0 Å². The molecular formula is C14H13ClFNO3S. The van der Waals surface area contributed by atoms with Crippen LogP contribution in [0.25, 0.3) is 0 Å². The van der Waals surface area contributed by atoms with Crippen LogP contribution in [-0.4, -0.2) is 20.6 Å². The fraction of sp³-hybridized carbons (Fsp3) is 0.143. The highest BCUT2D eigenvalue weighted by molar-refractivity contribution is 7.93. The predicted molar refractivity (Wildman–Crippen MR) is 79.4 cm³/mol. The van der Waals surface area contributed by atoms with Gasteiger partial charge in [-0.25, -0.2) is 12.8 Å². The molecule has 0 aliphatic rings. The van der Waals surface area contributed by atoms with E-state index < -0.39 is 15.8 Å². The molecule has 0 spiro atoms. The Balaban J connectivity index is 2.54. The zero-order valence-corrected chi connectivity index (χ0v) is 12.7. The number of rotatable bonds is 4. The van der Waals surface area contributed by atoms with E-state index >= 15 is 0 Å². The van der Waals surface area contributed by atoms with E-state index in [0.29, 0.717) is 5.56 Å². The number of hydrogen-bond acceptors (Lipinski definition) is 3. The lowest BCUT2D eigenvalue weighted by molar-refractivity contribution is 0.281. The molecule has 7 heteroatoms. The highest BCUT2D eigenvalue weighted by Gasteiger charge is 2.26. The van der Waals surface area contributed by atoms with Crippen molar-refractivity contribution >= 4 is 27.3 Å². The molecule has 0 unspecified atom stereocenters. The van der Waals surface area contributed by atoms with Crippen LogP contribution in [-0.2, 0) is 16.6 Å². The van der Waals surface area contributed by atoms with Crippen molar-refractivity contribution in [1.29, 1.82) is 0 Å². The number of sulfonamides is 1. The van der Waals surface area contributed by atoms with E-state index in [1.165, 1.54) is 49.5 Å². The average Bonchev–Trinajstić information content (AvgIpc) is 2.47. The van der Waals surface area contributed by atoms with Crippen molar-refractivity contribution in [2.75, 3.05) is 11.4 Å². The van der Waals surface area contributed by atoms with Crippen LogP contribution in [0.2, 0.25) is 5.02 Å². The molecule has 2 aromatic rings. The van der Waals surface area contributed by atoms with Crippen LogP contribution in [0.4, 0.5) is 10.1 Å². The summed E-state index contributed by atoms with van der Waals surface area (Å²) in [6, 6.07) is 9.72. The van der Waals surface area contributed by atoms with Gasteiger partial charge in [0.15, 0.2) is 0 Å². The molecule has 2 aromatic carbocycles. The summed E-state index contributed by atoms with van der Waals surface area (Å²) in [7, 11) is -2.78. The van der Waals surface area contributed by atoms with Gasteiger partial charge in [-0.15, -0.1) is 0 Å². The molecule has 4 nitrogen and oxygen atoms in total. The molecule has 0 fully saturated rings. The van der Waals surface area contributed by atoms with E-state index in [9.17, 15) is 12.8 Å². The Morgan fingerprint density at radius 1 is 1.24 bits per heavy atom. The summed E-state index contributed by atoms with van der Waals surface area (Å²) in [5, 5.41) is 9.12. The van der Waals surface area contributed by atoms with Crippen LogP contribution in [0.15, 0.2) is 47.4 Å². The summed E-state index contributed by atoms with van der Waals surface area (Å²) in [6.45, 7) is -0.316. The molecule has 2 rings (SSSR count). The number of anilines is 1. The summed E-state index contributed by atoms with van der Waals surface area (Å²) >= 11 is 5.93. The fourth-order valence-electron chi connectivity index (χ4n) is 1.83. The van der Waals surface area contributed by atoms with Crippen molar-refractivity contribution in [1.82, 2.24) is 0 Å². The van der Waals surface area contributed by atoms with Gasteiger partial charge in [0.1, 0.15) is 10.7 Å². The first-order valence-electron chi connectivity index (χ1n) is 6.00. The molecule has 0 amide bonds. The molecule has 21 heavy (non-hydrogen) atoms. The van der Waals surface area contributed by atoms with Gasteiger partial charge in [-0.1, -0.05) is 29.8 Å². The van der Waals surface area contributed by atoms with E-state index in [-0.39, 0.29) is 22.2 Å². The summed E-state index contributed by atoms with van der Waals surface area (Å²) in [4.78, 5) is -0.179. The maximum Gasteiger partial charge on any atom is 0.265 e. The minimum atomic E-state index is -4.03. The molecule has 0 aromatic heterocycles. The zero-order chi connectivity index (χ0) is 15.6. The Hall–Kier alpha value is -1.63. The highest BCUT2D eigenvalue weighted by Crippen LogP contribution is 2.29. The third-order valence-corrected chi connectivity index (χ3v) is 5.26. The average molecular weight is 330 g/mol. The van der Waals surface area contributed by atoms with Crippen molar-refractivity contribution in [2.24, 2.45) is 0 Å². The first-order chi connectivity index (χ1) is 9.87. The van der Waals surface area contributed by atoms with Gasteiger partial charge in [0.05, 0.1) is 17.3 Å². The summed E-state index contributed by atoms with van der Waals surface area (Å²) < 4.78 is 39.7. The number of nitrogens with zero attached hydrogens (tertiary/aromatic N) is 1. The number of aliphatic hydroxyl groups is 1. The lowest BCUT2D eigenvalue weighted by Gasteiger charge is -2.21. The molecule has 0 atom stereocenters. The second-order valence-electron chi connectivity index (χ2n) is 4.35. The topological polar surface area (TPSA) is 57.6 Å². The monoisotopic (exact) mass is 329 g/mol. The highest BCUT2D eigenvalue weighted by atomic mass is 35.5. The van der Waals surface area contributed by atoms with Crippen molar-refractivity contribution in [3.63, 3.8) is 0 Å². The standard InChI is InChI=1S/C14H13ClFNO3S/c1-17(13-5-3-2-4-12(13)16)21(19,20)14-8-10(9-18)6-7-11(14)15/h2-8,18H,9H2,1H3. The molecule has 0 aliphatic heterocycles. The van der Waals surface area contributed by atoms with Crippen molar-refractivity contribution < 1.29 is 17.9 Å². The van der Waals surface area contributed by atoms with Crippen LogP contribution in [0, 0.1) is 5.82 Å². The van der Waals surface area contributed by atoms with Crippen LogP contribution in [0.3, 0.4) is 0 Å². The number of halogens is 2. The molecular weight excluding hydrogens is 317 g/mol. The van der Waals surface area contributed by atoms with E-state index in [2.05, 4.69) is 0 Å². The summed E-state index contributed by atoms with van der Waals surface area (Å²) in [5.74, 6) is -0.655. The first-order valence-corrected chi connectivity index (χ1v) is 7.82. The predicted octanol–water partition coefficient (Wildman–Crippen LogP) is 2.80. The van der Waals surface area contributed by atoms with Gasteiger partial charge in [-0.05, 0) is 29.8 Å². The van der Waals surface area contributed by atoms with Crippen LogP contribution in [0.5, 0.6) is 0 Å². The number of aliphatic hydroxyl groups excluding tert-OH is 1. The SMILES string of the molecule is CN(c1ccccc1F)S(=O)(=O)c1cc(CO)ccc1Cl. The molecule has 112 valence electrons. The Labute approximate surface area is 127 Å². The largest absolute Gasteiger partial charge is 0.392 e. The lowest BCUT2D eigenvalue weighted by Crippen LogP contribution is -2.27. The number of benzene rings is 2. The van der Waals surface area contributed by atoms with E-state index in [4.69, 9.17) is 16.7 Å². The Bertz CT molecular complexity index is 765. The quantitative estimate of drug-likeness (QED) is 0.938. The van der Waals surface area contributed by atoms with Gasteiger partial charge < -0.3 is 5.11 Å². The smallest absolute Gasteiger partial charge is 0.265 e. The lowest BCUT2D eigenvalue weighted by atomic mass is 10.2. The van der Waals surface area contributed by atoms with Crippen molar-refractivity contribution in [3.05, 3.63) is 58.9 Å². The third kappa shape index (κ3) is 3.02. The van der Waals surface area contributed by atoms with Crippen LogP contribution >= 0.6 is 11.6 Å². The van der Waals surface area contributed by atoms with E-state index in [0.717, 1.165) is 4.31 Å². The van der Waals surface area contributed by atoms with Crippen molar-refractivity contribution in [2.45, 2.75) is 11.5 Å². The third-order valence-electron chi connectivity index (χ3n) is 3.01. The van der Waals surface area contributed by atoms with Gasteiger partial charge in [0, 0.05) is 7.05 Å². The molecule has 0 saturated heterocycles. The molecule has 0 heterocycles. The first kappa shape index (κ1) is 15.8. The van der Waals surface area contributed by atoms with Gasteiger partial charge in [0.2, 0.25) is 0 Å². The Kier molecular flexibility index (Phi) is 4.51. The number of para-hydroxylation sites is 1.